The van der Waals surface area contributed by atoms with Crippen molar-refractivity contribution in [1.82, 2.24) is 14.8 Å². The molecule has 1 fully saturated rings. The van der Waals surface area contributed by atoms with Gasteiger partial charge in [0.25, 0.3) is 5.91 Å². The maximum atomic E-state index is 12.7. The molecule has 0 bridgehead atoms. The Morgan fingerprint density at radius 2 is 2.24 bits per heavy atom. The average molecular weight is 287 g/mol. The molecule has 5 nitrogen and oxygen atoms in total. The first-order chi connectivity index (χ1) is 10.1. The van der Waals surface area contributed by atoms with Crippen molar-refractivity contribution in [1.29, 1.82) is 0 Å². The summed E-state index contributed by atoms with van der Waals surface area (Å²) in [6.07, 6.45) is 5.14. The summed E-state index contributed by atoms with van der Waals surface area (Å²) in [5.41, 5.74) is 1.11. The van der Waals surface area contributed by atoms with Crippen molar-refractivity contribution in [3.63, 3.8) is 0 Å². The summed E-state index contributed by atoms with van der Waals surface area (Å²) in [6.45, 7) is 1.79. The summed E-state index contributed by atoms with van der Waals surface area (Å²) >= 11 is 0. The Balaban J connectivity index is 2.16. The molecule has 1 amide bonds. The minimum absolute atomic E-state index is 0.0332. The number of aliphatic hydroxyl groups excluding tert-OH is 1. The lowest BCUT2D eigenvalue weighted by Crippen LogP contribution is -2.44. The van der Waals surface area contributed by atoms with Crippen LogP contribution in [0.25, 0.3) is 0 Å². The highest BCUT2D eigenvalue weighted by molar-refractivity contribution is 5.96. The molecule has 1 saturated heterocycles. The van der Waals surface area contributed by atoms with Gasteiger partial charge in [-0.2, -0.15) is 0 Å². The Labute approximate surface area is 125 Å². The van der Waals surface area contributed by atoms with Gasteiger partial charge in [0.2, 0.25) is 0 Å². The maximum Gasteiger partial charge on any atom is 0.255 e. The molecule has 0 unspecified atom stereocenters. The van der Waals surface area contributed by atoms with Gasteiger partial charge in [-0.25, -0.2) is 0 Å². The van der Waals surface area contributed by atoms with E-state index < -0.39 is 0 Å². The second kappa shape index (κ2) is 7.21. The van der Waals surface area contributed by atoms with Gasteiger partial charge in [-0.3, -0.25) is 9.78 Å². The predicted molar refractivity (Wildman–Crippen MR) is 80.8 cm³/mol. The molecule has 2 heterocycles. The second-order valence-electron chi connectivity index (χ2n) is 5.33. The van der Waals surface area contributed by atoms with Gasteiger partial charge in [0.1, 0.15) is 6.61 Å². The van der Waals surface area contributed by atoms with Crippen molar-refractivity contribution < 1.29 is 9.90 Å². The molecular formula is C16H21N3O2. The van der Waals surface area contributed by atoms with Crippen LogP contribution < -0.4 is 0 Å². The number of rotatable bonds is 2. The van der Waals surface area contributed by atoms with Gasteiger partial charge in [0.05, 0.1) is 11.1 Å². The molecule has 0 aliphatic carbocycles. The molecule has 1 aliphatic rings. The van der Waals surface area contributed by atoms with Crippen LogP contribution in [-0.4, -0.2) is 65.6 Å². The lowest BCUT2D eigenvalue weighted by atomic mass is 10.0. The fourth-order valence-corrected chi connectivity index (χ4v) is 2.55. The van der Waals surface area contributed by atoms with Crippen LogP contribution in [-0.2, 0) is 0 Å². The third-order valence-electron chi connectivity index (χ3n) is 3.91. The first-order valence-electron chi connectivity index (χ1n) is 7.13. The topological polar surface area (TPSA) is 56.7 Å². The van der Waals surface area contributed by atoms with E-state index in [1.54, 1.807) is 18.5 Å². The second-order valence-corrected chi connectivity index (χ2v) is 5.33. The van der Waals surface area contributed by atoms with Crippen LogP contribution in [0.3, 0.4) is 0 Å². The highest BCUT2D eigenvalue weighted by Crippen LogP contribution is 2.17. The first kappa shape index (κ1) is 15.5. The summed E-state index contributed by atoms with van der Waals surface area (Å²) < 4.78 is 0. The standard InChI is InChI=1S/C16H21N3O2/c1-18-9-6-14(7-10-18)19(2)16(21)15-5-8-17-12-13(15)4-3-11-20/h5,8,12,14,20H,6-7,9-11H2,1-2H3. The molecule has 0 atom stereocenters. The van der Waals surface area contributed by atoms with Crippen LogP contribution in [0, 0.1) is 11.8 Å². The van der Waals surface area contributed by atoms with E-state index in [0.717, 1.165) is 25.9 Å². The lowest BCUT2D eigenvalue weighted by Gasteiger charge is -2.35. The maximum absolute atomic E-state index is 12.7. The van der Waals surface area contributed by atoms with Gasteiger partial charge in [-0.05, 0) is 39.0 Å². The molecule has 1 N–H and O–H groups in total. The Morgan fingerprint density at radius 3 is 2.90 bits per heavy atom. The van der Waals surface area contributed by atoms with Gasteiger partial charge in [0.15, 0.2) is 0 Å². The SMILES string of the molecule is CN1CCC(N(C)C(=O)c2ccncc2C#CCO)CC1. The van der Waals surface area contributed by atoms with Gasteiger partial charge in [-0.1, -0.05) is 11.8 Å². The van der Waals surface area contributed by atoms with E-state index in [2.05, 4.69) is 28.8 Å². The molecule has 0 radical (unpaired) electrons. The first-order valence-corrected chi connectivity index (χ1v) is 7.13. The summed E-state index contributed by atoms with van der Waals surface area (Å²) in [5, 5.41) is 8.80. The van der Waals surface area contributed by atoms with Gasteiger partial charge < -0.3 is 14.9 Å². The number of hydrogen-bond acceptors (Lipinski definition) is 4. The number of hydrogen-bond donors (Lipinski definition) is 1. The summed E-state index contributed by atoms with van der Waals surface area (Å²) in [7, 11) is 3.95. The fourth-order valence-electron chi connectivity index (χ4n) is 2.55. The highest BCUT2D eigenvalue weighted by atomic mass is 16.2. The third-order valence-corrected chi connectivity index (χ3v) is 3.91. The number of aromatic nitrogens is 1. The third kappa shape index (κ3) is 3.81. The minimum atomic E-state index is -0.229. The number of carbonyl (C=O) groups excluding carboxylic acids is 1. The van der Waals surface area contributed by atoms with E-state index in [-0.39, 0.29) is 18.6 Å². The minimum Gasteiger partial charge on any atom is -0.384 e. The van der Waals surface area contributed by atoms with Crippen molar-refractivity contribution >= 4 is 5.91 Å². The summed E-state index contributed by atoms with van der Waals surface area (Å²) in [5.74, 6) is 5.33. The molecule has 1 aliphatic heterocycles. The molecule has 1 aromatic heterocycles. The lowest BCUT2D eigenvalue weighted by molar-refractivity contribution is 0.0659. The molecule has 112 valence electrons. The van der Waals surface area contributed by atoms with E-state index in [1.165, 1.54) is 0 Å². The quantitative estimate of drug-likeness (QED) is 0.809. The fraction of sp³-hybridized carbons (Fsp3) is 0.500. The Hall–Kier alpha value is -1.90. The number of pyridine rings is 1. The molecular weight excluding hydrogens is 266 g/mol. The molecule has 0 spiro atoms. The van der Waals surface area contributed by atoms with Crippen LogP contribution in [0.1, 0.15) is 28.8 Å². The van der Waals surface area contributed by atoms with Crippen molar-refractivity contribution in [2.24, 2.45) is 0 Å². The van der Waals surface area contributed by atoms with Crippen LogP contribution in [0.5, 0.6) is 0 Å². The van der Waals surface area contributed by atoms with Crippen LogP contribution in [0.4, 0.5) is 0 Å². The van der Waals surface area contributed by atoms with E-state index in [4.69, 9.17) is 5.11 Å². The van der Waals surface area contributed by atoms with E-state index in [1.807, 2.05) is 11.9 Å². The molecule has 5 heteroatoms. The van der Waals surface area contributed by atoms with Gasteiger partial charge in [-0.15, -0.1) is 0 Å². The van der Waals surface area contributed by atoms with Gasteiger partial charge >= 0.3 is 0 Å². The van der Waals surface area contributed by atoms with Crippen molar-refractivity contribution in [2.45, 2.75) is 18.9 Å². The van der Waals surface area contributed by atoms with Crippen molar-refractivity contribution in [3.05, 3.63) is 29.6 Å². The number of aliphatic hydroxyl groups is 1. The number of amides is 1. The highest BCUT2D eigenvalue weighted by Gasteiger charge is 2.25. The van der Waals surface area contributed by atoms with Crippen molar-refractivity contribution in [2.75, 3.05) is 33.8 Å². The molecule has 2 rings (SSSR count). The number of nitrogens with zero attached hydrogens (tertiary/aromatic N) is 3. The Kier molecular flexibility index (Phi) is 5.32. The molecule has 0 aromatic carbocycles. The summed E-state index contributed by atoms with van der Waals surface area (Å²) in [4.78, 5) is 20.8. The van der Waals surface area contributed by atoms with E-state index in [0.29, 0.717) is 11.1 Å². The number of likely N-dealkylation sites (tertiary alicyclic amines) is 1. The largest absolute Gasteiger partial charge is 0.384 e. The molecule has 21 heavy (non-hydrogen) atoms. The zero-order valence-electron chi connectivity index (χ0n) is 12.5. The predicted octanol–water partition coefficient (Wildman–Crippen LogP) is 0.592. The zero-order chi connectivity index (χ0) is 15.2. The van der Waals surface area contributed by atoms with Crippen LogP contribution in [0.2, 0.25) is 0 Å². The van der Waals surface area contributed by atoms with Crippen molar-refractivity contribution in [3.8, 4) is 11.8 Å². The average Bonchev–Trinajstić information content (AvgIpc) is 2.52. The van der Waals surface area contributed by atoms with E-state index >= 15 is 0 Å². The van der Waals surface area contributed by atoms with Crippen LogP contribution in [0.15, 0.2) is 18.5 Å². The van der Waals surface area contributed by atoms with Gasteiger partial charge in [0, 0.05) is 25.5 Å². The number of piperidine rings is 1. The Morgan fingerprint density at radius 1 is 1.52 bits per heavy atom. The smallest absolute Gasteiger partial charge is 0.255 e. The number of carbonyl (C=O) groups is 1. The summed E-state index contributed by atoms with van der Waals surface area (Å²) in [6, 6.07) is 1.95. The molecule has 1 aromatic rings. The monoisotopic (exact) mass is 287 g/mol. The molecule has 0 saturated carbocycles. The normalized spacial score (nSPS) is 16.1. The van der Waals surface area contributed by atoms with E-state index in [9.17, 15) is 4.79 Å². The Bertz CT molecular complexity index is 554. The zero-order valence-corrected chi connectivity index (χ0v) is 12.5. The van der Waals surface area contributed by atoms with Crippen LogP contribution >= 0.6 is 0 Å².